The Hall–Kier alpha value is -2.70. The molecule has 1 atom stereocenters. The highest BCUT2D eigenvalue weighted by Gasteiger charge is 2.18. The number of benzene rings is 3. The lowest BCUT2D eigenvalue weighted by molar-refractivity contribution is -0.119. The number of carbonyl (C=O) groups is 2. The Balaban J connectivity index is 1.42. The van der Waals surface area contributed by atoms with E-state index in [9.17, 15) is 9.59 Å². The number of thioether (sulfide) groups is 1. The molecule has 0 aliphatic carbocycles. The summed E-state index contributed by atoms with van der Waals surface area (Å²) in [7, 11) is 0. The van der Waals surface area contributed by atoms with E-state index in [1.165, 1.54) is 11.8 Å². The Morgan fingerprint density at radius 3 is 2.86 bits per heavy atom. The van der Waals surface area contributed by atoms with E-state index in [2.05, 4.69) is 10.6 Å². The third-order valence-electron chi connectivity index (χ3n) is 4.69. The van der Waals surface area contributed by atoms with Gasteiger partial charge in [0.2, 0.25) is 5.91 Å². The smallest absolute Gasteiger partial charge is 0.262 e. The fourth-order valence-electron chi connectivity index (χ4n) is 3.26. The molecule has 0 radical (unpaired) electrons. The van der Waals surface area contributed by atoms with E-state index in [1.54, 1.807) is 6.07 Å². The number of anilines is 1. The SMILES string of the molecule is CC(NC(=O)CSc1cccc2cccc(Cl)c12)c1ccc2c(c1)NC(=O)CO2. The molecular formula is C22H19ClN2O3S. The first kappa shape index (κ1) is 19.6. The molecule has 4 rings (SSSR count). The molecule has 148 valence electrons. The van der Waals surface area contributed by atoms with Crippen molar-refractivity contribution in [2.24, 2.45) is 0 Å². The first-order valence-electron chi connectivity index (χ1n) is 9.17. The third-order valence-corrected chi connectivity index (χ3v) is 6.06. The molecule has 5 nitrogen and oxygen atoms in total. The molecule has 3 aromatic rings. The van der Waals surface area contributed by atoms with Gasteiger partial charge in [-0.15, -0.1) is 11.8 Å². The Morgan fingerprint density at radius 1 is 1.24 bits per heavy atom. The van der Waals surface area contributed by atoms with Crippen LogP contribution in [0, 0.1) is 0 Å². The maximum absolute atomic E-state index is 12.5. The van der Waals surface area contributed by atoms with Crippen molar-refractivity contribution >= 4 is 51.6 Å². The van der Waals surface area contributed by atoms with Crippen molar-refractivity contribution in [2.45, 2.75) is 17.9 Å². The molecule has 1 aliphatic rings. The van der Waals surface area contributed by atoms with Crippen LogP contribution in [-0.4, -0.2) is 24.2 Å². The number of amides is 2. The number of rotatable bonds is 5. The van der Waals surface area contributed by atoms with Crippen molar-refractivity contribution in [2.75, 3.05) is 17.7 Å². The minimum absolute atomic E-state index is 0.0219. The summed E-state index contributed by atoms with van der Waals surface area (Å²) in [5.74, 6) is 0.649. The molecule has 7 heteroatoms. The van der Waals surface area contributed by atoms with E-state index < -0.39 is 0 Å². The molecule has 29 heavy (non-hydrogen) atoms. The van der Waals surface area contributed by atoms with Crippen molar-refractivity contribution in [1.29, 1.82) is 0 Å². The summed E-state index contributed by atoms with van der Waals surface area (Å²) < 4.78 is 5.37. The van der Waals surface area contributed by atoms with E-state index >= 15 is 0 Å². The van der Waals surface area contributed by atoms with E-state index in [1.807, 2.05) is 55.5 Å². The number of fused-ring (bicyclic) bond motifs is 2. The Morgan fingerprint density at radius 2 is 2.03 bits per heavy atom. The molecule has 2 N–H and O–H groups in total. The molecular weight excluding hydrogens is 408 g/mol. The van der Waals surface area contributed by atoms with Crippen LogP contribution in [0.3, 0.4) is 0 Å². The molecule has 0 spiro atoms. The van der Waals surface area contributed by atoms with Crippen LogP contribution in [0.15, 0.2) is 59.5 Å². The molecule has 1 unspecified atom stereocenters. The average Bonchev–Trinajstić information content (AvgIpc) is 2.71. The molecule has 1 aliphatic heterocycles. The van der Waals surface area contributed by atoms with Gasteiger partial charge in [0.05, 0.1) is 17.5 Å². The summed E-state index contributed by atoms with van der Waals surface area (Å²) >= 11 is 7.82. The Labute approximate surface area is 177 Å². The molecule has 2 amide bonds. The Bertz CT molecular complexity index is 1100. The van der Waals surface area contributed by atoms with Gasteiger partial charge in [-0.25, -0.2) is 0 Å². The molecule has 0 bridgehead atoms. The fraction of sp³-hybridized carbons (Fsp3) is 0.182. The second-order valence-electron chi connectivity index (χ2n) is 6.76. The summed E-state index contributed by atoms with van der Waals surface area (Å²) in [6, 6.07) is 17.0. The first-order chi connectivity index (χ1) is 14.0. The number of nitrogens with one attached hydrogen (secondary N) is 2. The van der Waals surface area contributed by atoms with E-state index in [4.69, 9.17) is 16.3 Å². The number of ether oxygens (including phenoxy) is 1. The fourth-order valence-corrected chi connectivity index (χ4v) is 4.52. The zero-order valence-electron chi connectivity index (χ0n) is 15.7. The normalized spacial score (nSPS) is 13.9. The minimum Gasteiger partial charge on any atom is -0.482 e. The van der Waals surface area contributed by atoms with E-state index in [0.717, 1.165) is 21.2 Å². The third kappa shape index (κ3) is 4.33. The monoisotopic (exact) mass is 426 g/mol. The summed E-state index contributed by atoms with van der Waals surface area (Å²) in [6.07, 6.45) is 0. The molecule has 3 aromatic carbocycles. The summed E-state index contributed by atoms with van der Waals surface area (Å²) in [5, 5.41) is 8.48. The van der Waals surface area contributed by atoms with Crippen molar-refractivity contribution < 1.29 is 14.3 Å². The van der Waals surface area contributed by atoms with Gasteiger partial charge in [0.15, 0.2) is 6.61 Å². The highest BCUT2D eigenvalue weighted by molar-refractivity contribution is 8.00. The number of hydrogen-bond donors (Lipinski definition) is 2. The first-order valence-corrected chi connectivity index (χ1v) is 10.5. The van der Waals surface area contributed by atoms with Crippen LogP contribution in [0.2, 0.25) is 5.02 Å². The summed E-state index contributed by atoms with van der Waals surface area (Å²) in [4.78, 5) is 25.0. The van der Waals surface area contributed by atoms with Gasteiger partial charge in [0.1, 0.15) is 5.75 Å². The number of hydrogen-bond acceptors (Lipinski definition) is 4. The van der Waals surface area contributed by atoms with Crippen LogP contribution >= 0.6 is 23.4 Å². The van der Waals surface area contributed by atoms with Crippen LogP contribution in [0.25, 0.3) is 10.8 Å². The number of halogens is 1. The lowest BCUT2D eigenvalue weighted by Crippen LogP contribution is -2.29. The highest BCUT2D eigenvalue weighted by atomic mass is 35.5. The van der Waals surface area contributed by atoms with Crippen LogP contribution in [0.5, 0.6) is 5.75 Å². The molecule has 0 saturated heterocycles. The van der Waals surface area contributed by atoms with Crippen molar-refractivity contribution in [3.63, 3.8) is 0 Å². The lowest BCUT2D eigenvalue weighted by Gasteiger charge is -2.21. The predicted octanol–water partition coefficient (Wildman–Crippen LogP) is 4.79. The maximum atomic E-state index is 12.5. The number of carbonyl (C=O) groups excluding carboxylic acids is 2. The van der Waals surface area contributed by atoms with Crippen LogP contribution in [0.1, 0.15) is 18.5 Å². The zero-order chi connectivity index (χ0) is 20.4. The minimum atomic E-state index is -0.205. The Kier molecular flexibility index (Phi) is 5.65. The second-order valence-corrected chi connectivity index (χ2v) is 8.19. The van der Waals surface area contributed by atoms with Crippen LogP contribution in [-0.2, 0) is 9.59 Å². The zero-order valence-corrected chi connectivity index (χ0v) is 17.3. The van der Waals surface area contributed by atoms with Crippen molar-refractivity contribution in [3.05, 3.63) is 65.2 Å². The van der Waals surface area contributed by atoms with Crippen LogP contribution in [0.4, 0.5) is 5.69 Å². The largest absolute Gasteiger partial charge is 0.482 e. The molecule has 0 aromatic heterocycles. The van der Waals surface area contributed by atoms with Gasteiger partial charge in [-0.05, 0) is 42.1 Å². The second kappa shape index (κ2) is 8.35. The standard InChI is InChI=1S/C22H19ClN2O3S/c1-13(15-8-9-18-17(10-15)25-20(26)11-28-18)24-21(27)12-29-19-7-3-5-14-4-2-6-16(23)22(14)19/h2-10,13H,11-12H2,1H3,(H,24,27)(H,25,26). The highest BCUT2D eigenvalue weighted by Crippen LogP contribution is 2.33. The van der Waals surface area contributed by atoms with Gasteiger partial charge in [0.25, 0.3) is 5.91 Å². The molecule has 0 fully saturated rings. The lowest BCUT2D eigenvalue weighted by atomic mass is 10.1. The molecule has 1 heterocycles. The van der Waals surface area contributed by atoms with Crippen molar-refractivity contribution in [3.8, 4) is 5.75 Å². The quantitative estimate of drug-likeness (QED) is 0.575. The van der Waals surface area contributed by atoms with Crippen molar-refractivity contribution in [1.82, 2.24) is 5.32 Å². The summed E-state index contributed by atoms with van der Waals surface area (Å²) in [6.45, 7) is 1.93. The van der Waals surface area contributed by atoms with E-state index in [0.29, 0.717) is 16.5 Å². The average molecular weight is 427 g/mol. The van der Waals surface area contributed by atoms with Gasteiger partial charge < -0.3 is 15.4 Å². The summed E-state index contributed by atoms with van der Waals surface area (Å²) in [5.41, 5.74) is 1.51. The topological polar surface area (TPSA) is 67.4 Å². The van der Waals surface area contributed by atoms with E-state index in [-0.39, 0.29) is 30.2 Å². The predicted molar refractivity (Wildman–Crippen MR) is 117 cm³/mol. The van der Waals surface area contributed by atoms with Gasteiger partial charge >= 0.3 is 0 Å². The van der Waals surface area contributed by atoms with Gasteiger partial charge in [-0.3, -0.25) is 9.59 Å². The maximum Gasteiger partial charge on any atom is 0.262 e. The van der Waals surface area contributed by atoms with Gasteiger partial charge in [-0.2, -0.15) is 0 Å². The van der Waals surface area contributed by atoms with Gasteiger partial charge in [-0.1, -0.05) is 41.9 Å². The van der Waals surface area contributed by atoms with Gasteiger partial charge in [0, 0.05) is 15.3 Å². The van der Waals surface area contributed by atoms with Crippen LogP contribution < -0.4 is 15.4 Å². The molecule has 0 saturated carbocycles.